The third-order valence-corrected chi connectivity index (χ3v) is 5.80. The molecule has 1 aliphatic heterocycles. The second kappa shape index (κ2) is 8.64. The molecule has 168 valence electrons. The Hall–Kier alpha value is -2.77. The highest BCUT2D eigenvalue weighted by molar-refractivity contribution is 6.30. The SMILES string of the molecule is CC1(C)CN(c2ccc(OC(F)(F)F)cc2)CN1Cc1ccnc(-c2ccc(Cl)cc2)c1. The topological polar surface area (TPSA) is 28.6 Å². The Balaban J connectivity index is 1.47. The minimum absolute atomic E-state index is 0.120. The maximum absolute atomic E-state index is 12.4. The van der Waals surface area contributed by atoms with Crippen LogP contribution >= 0.6 is 11.6 Å². The van der Waals surface area contributed by atoms with Crippen molar-refractivity contribution >= 4 is 17.3 Å². The lowest BCUT2D eigenvalue weighted by Gasteiger charge is -2.29. The van der Waals surface area contributed by atoms with Gasteiger partial charge in [-0.2, -0.15) is 0 Å². The summed E-state index contributed by atoms with van der Waals surface area (Å²) >= 11 is 5.99. The number of ether oxygens (including phenoxy) is 1. The second-order valence-electron chi connectivity index (χ2n) is 8.45. The molecular formula is C24H23ClF3N3O. The Bertz CT molecular complexity index is 1070. The molecule has 0 spiro atoms. The van der Waals surface area contributed by atoms with Gasteiger partial charge in [0, 0.05) is 41.1 Å². The van der Waals surface area contributed by atoms with Gasteiger partial charge in [0.25, 0.3) is 0 Å². The minimum atomic E-state index is -4.69. The van der Waals surface area contributed by atoms with Gasteiger partial charge < -0.3 is 9.64 Å². The summed E-state index contributed by atoms with van der Waals surface area (Å²) in [7, 11) is 0. The summed E-state index contributed by atoms with van der Waals surface area (Å²) < 4.78 is 41.2. The summed E-state index contributed by atoms with van der Waals surface area (Å²) in [5.74, 6) is -0.219. The van der Waals surface area contributed by atoms with Crippen LogP contribution in [-0.2, 0) is 6.54 Å². The molecule has 1 aliphatic rings. The first kappa shape index (κ1) is 22.4. The van der Waals surface area contributed by atoms with E-state index in [0.29, 0.717) is 11.7 Å². The number of alkyl halides is 3. The predicted molar refractivity (Wildman–Crippen MR) is 120 cm³/mol. The number of halogens is 4. The molecule has 3 aromatic rings. The third-order valence-electron chi connectivity index (χ3n) is 5.55. The van der Waals surface area contributed by atoms with Crippen LogP contribution in [0.2, 0.25) is 5.02 Å². The number of nitrogens with zero attached hydrogens (tertiary/aromatic N) is 3. The summed E-state index contributed by atoms with van der Waals surface area (Å²) in [6, 6.07) is 17.7. The summed E-state index contributed by atoms with van der Waals surface area (Å²) in [5.41, 5.74) is 3.75. The normalized spacial score (nSPS) is 16.4. The lowest BCUT2D eigenvalue weighted by atomic mass is 10.0. The molecule has 1 fully saturated rings. The predicted octanol–water partition coefficient (Wildman–Crippen LogP) is 6.36. The molecule has 1 saturated heterocycles. The van der Waals surface area contributed by atoms with Crippen LogP contribution in [0, 0.1) is 0 Å². The van der Waals surface area contributed by atoms with Gasteiger partial charge in [0.15, 0.2) is 0 Å². The van der Waals surface area contributed by atoms with Gasteiger partial charge in [-0.05, 0) is 67.9 Å². The number of anilines is 1. The summed E-state index contributed by atoms with van der Waals surface area (Å²) in [6.45, 7) is 6.46. The molecule has 0 N–H and O–H groups in total. The molecular weight excluding hydrogens is 439 g/mol. The fourth-order valence-corrected chi connectivity index (χ4v) is 4.01. The van der Waals surface area contributed by atoms with Gasteiger partial charge in [0.05, 0.1) is 12.4 Å². The number of pyridine rings is 1. The molecule has 0 bridgehead atoms. The highest BCUT2D eigenvalue weighted by Crippen LogP contribution is 2.32. The van der Waals surface area contributed by atoms with Crippen molar-refractivity contribution in [3.05, 3.63) is 77.4 Å². The van der Waals surface area contributed by atoms with E-state index < -0.39 is 6.36 Å². The van der Waals surface area contributed by atoms with E-state index in [0.717, 1.165) is 35.6 Å². The standard InChI is InChI=1S/C24H23ClF3N3O/c1-23(2)15-30(20-7-9-21(10-8-20)32-24(26,27)28)16-31(23)14-17-11-12-29-22(13-17)18-3-5-19(25)6-4-18/h3-13H,14-16H2,1-2H3. The smallest absolute Gasteiger partial charge is 0.406 e. The highest BCUT2D eigenvalue weighted by Gasteiger charge is 2.37. The average molecular weight is 462 g/mol. The Morgan fingerprint density at radius 1 is 1.03 bits per heavy atom. The third kappa shape index (κ3) is 5.34. The van der Waals surface area contributed by atoms with Crippen molar-refractivity contribution in [3.8, 4) is 17.0 Å². The number of rotatable bonds is 5. The lowest BCUT2D eigenvalue weighted by molar-refractivity contribution is -0.274. The zero-order chi connectivity index (χ0) is 22.9. The van der Waals surface area contributed by atoms with Gasteiger partial charge in [0.1, 0.15) is 5.75 Å². The zero-order valence-corrected chi connectivity index (χ0v) is 18.5. The highest BCUT2D eigenvalue weighted by atomic mass is 35.5. The Morgan fingerprint density at radius 3 is 2.38 bits per heavy atom. The largest absolute Gasteiger partial charge is 0.573 e. The molecule has 32 heavy (non-hydrogen) atoms. The molecule has 0 saturated carbocycles. The van der Waals surface area contributed by atoms with Crippen LogP contribution in [0.15, 0.2) is 66.9 Å². The van der Waals surface area contributed by atoms with E-state index in [1.54, 1.807) is 18.3 Å². The lowest BCUT2D eigenvalue weighted by Crippen LogP contribution is -2.39. The van der Waals surface area contributed by atoms with Gasteiger partial charge >= 0.3 is 6.36 Å². The van der Waals surface area contributed by atoms with Crippen molar-refractivity contribution in [2.45, 2.75) is 32.3 Å². The Morgan fingerprint density at radius 2 is 1.72 bits per heavy atom. The zero-order valence-electron chi connectivity index (χ0n) is 17.7. The maximum atomic E-state index is 12.4. The van der Waals surface area contributed by atoms with Gasteiger partial charge in [-0.1, -0.05) is 23.7 Å². The van der Waals surface area contributed by atoms with Gasteiger partial charge in [0.2, 0.25) is 0 Å². The number of aromatic nitrogens is 1. The quantitative estimate of drug-likeness (QED) is 0.442. The molecule has 4 rings (SSSR count). The number of benzene rings is 2. The van der Waals surface area contributed by atoms with Crippen molar-refractivity contribution in [2.24, 2.45) is 0 Å². The van der Waals surface area contributed by atoms with Crippen LogP contribution in [0.1, 0.15) is 19.4 Å². The van der Waals surface area contributed by atoms with Crippen LogP contribution in [0.5, 0.6) is 5.75 Å². The van der Waals surface area contributed by atoms with Crippen molar-refractivity contribution in [2.75, 3.05) is 18.1 Å². The minimum Gasteiger partial charge on any atom is -0.406 e. The van der Waals surface area contributed by atoms with Gasteiger partial charge in [-0.25, -0.2) is 0 Å². The van der Waals surface area contributed by atoms with Crippen LogP contribution in [0.3, 0.4) is 0 Å². The summed E-state index contributed by atoms with van der Waals surface area (Å²) in [4.78, 5) is 8.98. The van der Waals surface area contributed by atoms with E-state index in [2.05, 4.69) is 39.4 Å². The first-order valence-electron chi connectivity index (χ1n) is 10.2. The molecule has 1 aromatic heterocycles. The first-order valence-corrected chi connectivity index (χ1v) is 10.5. The fraction of sp³-hybridized carbons (Fsp3) is 0.292. The van der Waals surface area contributed by atoms with Gasteiger partial charge in [-0.3, -0.25) is 9.88 Å². The Kier molecular flexibility index (Phi) is 6.05. The van der Waals surface area contributed by atoms with Crippen molar-refractivity contribution in [3.63, 3.8) is 0 Å². The van der Waals surface area contributed by atoms with E-state index in [-0.39, 0.29) is 11.3 Å². The van der Waals surface area contributed by atoms with E-state index in [1.165, 1.54) is 12.1 Å². The van der Waals surface area contributed by atoms with Crippen molar-refractivity contribution in [1.82, 2.24) is 9.88 Å². The molecule has 0 atom stereocenters. The molecule has 2 heterocycles. The molecule has 0 radical (unpaired) electrons. The van der Waals surface area contributed by atoms with Crippen LogP contribution in [0.4, 0.5) is 18.9 Å². The second-order valence-corrected chi connectivity index (χ2v) is 8.88. The average Bonchev–Trinajstić information content (AvgIpc) is 3.02. The van der Waals surface area contributed by atoms with Crippen molar-refractivity contribution in [1.29, 1.82) is 0 Å². The van der Waals surface area contributed by atoms with Gasteiger partial charge in [-0.15, -0.1) is 13.2 Å². The Labute approximate surface area is 190 Å². The first-order chi connectivity index (χ1) is 15.1. The van der Waals surface area contributed by atoms with Crippen LogP contribution < -0.4 is 9.64 Å². The monoisotopic (exact) mass is 461 g/mol. The summed E-state index contributed by atoms with van der Waals surface area (Å²) in [6.07, 6.45) is -2.89. The summed E-state index contributed by atoms with van der Waals surface area (Å²) in [5, 5.41) is 0.682. The number of hydrogen-bond acceptors (Lipinski definition) is 4. The molecule has 4 nitrogen and oxygen atoms in total. The van der Waals surface area contributed by atoms with Crippen LogP contribution in [0.25, 0.3) is 11.3 Å². The molecule has 2 aromatic carbocycles. The van der Waals surface area contributed by atoms with Crippen LogP contribution in [-0.4, -0.2) is 35.0 Å². The van der Waals surface area contributed by atoms with E-state index >= 15 is 0 Å². The molecule has 8 heteroatoms. The molecule has 0 amide bonds. The molecule has 0 unspecified atom stereocenters. The number of hydrogen-bond donors (Lipinski definition) is 0. The van der Waals surface area contributed by atoms with Crippen molar-refractivity contribution < 1.29 is 17.9 Å². The van der Waals surface area contributed by atoms with E-state index in [4.69, 9.17) is 11.6 Å². The van der Waals surface area contributed by atoms with E-state index in [1.807, 2.05) is 30.3 Å². The fourth-order valence-electron chi connectivity index (χ4n) is 3.88. The van der Waals surface area contributed by atoms with E-state index in [9.17, 15) is 13.2 Å². The maximum Gasteiger partial charge on any atom is 0.573 e. The molecule has 0 aliphatic carbocycles.